The van der Waals surface area contributed by atoms with Crippen LogP contribution in [0.25, 0.3) is 0 Å². The molecule has 0 saturated carbocycles. The van der Waals surface area contributed by atoms with Crippen LogP contribution in [0.1, 0.15) is 11.3 Å². The second kappa shape index (κ2) is 3.93. The van der Waals surface area contributed by atoms with Crippen LogP contribution in [0.2, 0.25) is 0 Å². The summed E-state index contributed by atoms with van der Waals surface area (Å²) in [5, 5.41) is 7.08. The number of hydrogen-bond acceptors (Lipinski definition) is 2. The Kier molecular flexibility index (Phi) is 3.54. The van der Waals surface area contributed by atoms with Crippen LogP contribution in [0.5, 0.6) is 0 Å². The van der Waals surface area contributed by atoms with Gasteiger partial charge in [-0.1, -0.05) is 0 Å². The summed E-state index contributed by atoms with van der Waals surface area (Å²) in [6, 6.07) is 3.50. The van der Waals surface area contributed by atoms with Crippen molar-refractivity contribution in [3.05, 3.63) is 29.6 Å². The van der Waals surface area contributed by atoms with Crippen LogP contribution in [-0.2, 0) is 0 Å². The number of amidine groups is 1. The number of hydrogen-bond donors (Lipinski definition) is 2. The standard InChI is InChI=1S/C7H9N3.ClH/c1-5-4-6(7(8)9)2-3-10-5;/h2-4H,1H3,(H3,8,9);1H. The molecule has 1 rings (SSSR count). The molecule has 0 aliphatic rings. The van der Waals surface area contributed by atoms with Gasteiger partial charge in [0.25, 0.3) is 0 Å². The van der Waals surface area contributed by atoms with Crippen molar-refractivity contribution < 1.29 is 0 Å². The van der Waals surface area contributed by atoms with Crippen LogP contribution < -0.4 is 5.73 Å². The molecule has 60 valence electrons. The van der Waals surface area contributed by atoms with E-state index in [0.717, 1.165) is 11.3 Å². The van der Waals surface area contributed by atoms with E-state index in [2.05, 4.69) is 4.98 Å². The molecule has 0 unspecified atom stereocenters. The number of halogens is 1. The quantitative estimate of drug-likeness (QED) is 0.491. The molecule has 3 N–H and O–H groups in total. The van der Waals surface area contributed by atoms with Gasteiger partial charge < -0.3 is 5.73 Å². The smallest absolute Gasteiger partial charge is 0.122 e. The minimum absolute atomic E-state index is 0. The zero-order chi connectivity index (χ0) is 7.56. The summed E-state index contributed by atoms with van der Waals surface area (Å²) in [6.07, 6.45) is 1.64. The van der Waals surface area contributed by atoms with Crippen LogP contribution in [-0.4, -0.2) is 10.8 Å². The Labute approximate surface area is 71.6 Å². The maximum Gasteiger partial charge on any atom is 0.122 e. The highest BCUT2D eigenvalue weighted by Crippen LogP contribution is 1.97. The Morgan fingerprint density at radius 1 is 1.64 bits per heavy atom. The van der Waals surface area contributed by atoms with E-state index < -0.39 is 0 Å². The lowest BCUT2D eigenvalue weighted by Gasteiger charge is -1.96. The zero-order valence-corrected chi connectivity index (χ0v) is 6.98. The average molecular weight is 172 g/mol. The average Bonchev–Trinajstić information content (AvgIpc) is 1.88. The van der Waals surface area contributed by atoms with Gasteiger partial charge in [-0.25, -0.2) is 0 Å². The predicted octanol–water partition coefficient (Wildman–Crippen LogP) is 1.10. The van der Waals surface area contributed by atoms with Gasteiger partial charge in [-0.3, -0.25) is 10.4 Å². The third-order valence-electron chi connectivity index (χ3n) is 1.21. The number of aryl methyl sites for hydroxylation is 1. The number of aromatic nitrogens is 1. The number of nitrogens with two attached hydrogens (primary N) is 1. The van der Waals surface area contributed by atoms with Crippen molar-refractivity contribution in [3.8, 4) is 0 Å². The fourth-order valence-electron chi connectivity index (χ4n) is 0.713. The lowest BCUT2D eigenvalue weighted by molar-refractivity contribution is 1.19. The fraction of sp³-hybridized carbons (Fsp3) is 0.143. The normalized spacial score (nSPS) is 8.45. The largest absolute Gasteiger partial charge is 0.384 e. The number of nitrogens with zero attached hydrogens (tertiary/aromatic N) is 1. The van der Waals surface area contributed by atoms with Gasteiger partial charge in [-0.2, -0.15) is 0 Å². The molecule has 0 radical (unpaired) electrons. The highest BCUT2D eigenvalue weighted by molar-refractivity contribution is 5.94. The Hall–Kier alpha value is -1.09. The van der Waals surface area contributed by atoms with E-state index in [9.17, 15) is 0 Å². The molecule has 0 aliphatic carbocycles. The molecule has 0 saturated heterocycles. The maximum atomic E-state index is 7.08. The van der Waals surface area contributed by atoms with Crippen LogP contribution in [0.4, 0.5) is 0 Å². The molecule has 0 aliphatic heterocycles. The lowest BCUT2D eigenvalue weighted by Crippen LogP contribution is -2.11. The third-order valence-corrected chi connectivity index (χ3v) is 1.21. The molecule has 0 amide bonds. The Morgan fingerprint density at radius 2 is 2.27 bits per heavy atom. The van der Waals surface area contributed by atoms with Crippen molar-refractivity contribution in [3.63, 3.8) is 0 Å². The van der Waals surface area contributed by atoms with Crippen LogP contribution >= 0.6 is 12.4 Å². The Balaban J connectivity index is 0.000001000. The third kappa shape index (κ3) is 2.55. The molecular weight excluding hydrogens is 162 g/mol. The van der Waals surface area contributed by atoms with Crippen molar-refractivity contribution in [2.45, 2.75) is 6.92 Å². The van der Waals surface area contributed by atoms with E-state index in [1.54, 1.807) is 18.3 Å². The summed E-state index contributed by atoms with van der Waals surface area (Å²) in [7, 11) is 0. The van der Waals surface area contributed by atoms with E-state index in [-0.39, 0.29) is 18.2 Å². The summed E-state index contributed by atoms with van der Waals surface area (Å²) >= 11 is 0. The van der Waals surface area contributed by atoms with E-state index in [0.29, 0.717) is 0 Å². The number of nitrogen functional groups attached to an aromatic ring is 1. The van der Waals surface area contributed by atoms with Gasteiger partial charge in [0, 0.05) is 17.5 Å². The topological polar surface area (TPSA) is 62.8 Å². The SMILES string of the molecule is Cc1cc(C(=N)N)ccn1.Cl. The van der Waals surface area contributed by atoms with Gasteiger partial charge in [0.2, 0.25) is 0 Å². The molecule has 3 nitrogen and oxygen atoms in total. The second-order valence-corrected chi connectivity index (χ2v) is 2.10. The first-order chi connectivity index (χ1) is 4.70. The molecule has 11 heavy (non-hydrogen) atoms. The molecule has 0 aromatic carbocycles. The fourth-order valence-corrected chi connectivity index (χ4v) is 0.713. The second-order valence-electron chi connectivity index (χ2n) is 2.10. The summed E-state index contributed by atoms with van der Waals surface area (Å²) in [5.74, 6) is 0.0884. The number of nitrogens with one attached hydrogen (secondary N) is 1. The Morgan fingerprint density at radius 3 is 2.64 bits per heavy atom. The monoisotopic (exact) mass is 171 g/mol. The molecule has 1 aromatic heterocycles. The summed E-state index contributed by atoms with van der Waals surface area (Å²) in [6.45, 7) is 1.87. The first kappa shape index (κ1) is 9.91. The molecule has 0 fully saturated rings. The molecule has 0 bridgehead atoms. The van der Waals surface area contributed by atoms with Crippen LogP contribution in [0, 0.1) is 12.3 Å². The van der Waals surface area contributed by atoms with Crippen molar-refractivity contribution in [2.75, 3.05) is 0 Å². The summed E-state index contributed by atoms with van der Waals surface area (Å²) in [4.78, 5) is 3.97. The molecule has 4 heteroatoms. The Bertz CT molecular complexity index is 260. The molecule has 1 heterocycles. The van der Waals surface area contributed by atoms with Gasteiger partial charge >= 0.3 is 0 Å². The van der Waals surface area contributed by atoms with Crippen LogP contribution in [0.3, 0.4) is 0 Å². The van der Waals surface area contributed by atoms with E-state index >= 15 is 0 Å². The van der Waals surface area contributed by atoms with Gasteiger partial charge in [0.15, 0.2) is 0 Å². The number of rotatable bonds is 1. The van der Waals surface area contributed by atoms with E-state index in [4.69, 9.17) is 11.1 Å². The molecule has 1 aromatic rings. The van der Waals surface area contributed by atoms with Crippen molar-refractivity contribution in [1.29, 1.82) is 5.41 Å². The summed E-state index contributed by atoms with van der Waals surface area (Å²) < 4.78 is 0. The minimum atomic E-state index is 0. The van der Waals surface area contributed by atoms with Gasteiger partial charge in [0.05, 0.1) is 0 Å². The first-order valence-electron chi connectivity index (χ1n) is 2.97. The van der Waals surface area contributed by atoms with Gasteiger partial charge in [0.1, 0.15) is 5.84 Å². The maximum absolute atomic E-state index is 7.08. The highest BCUT2D eigenvalue weighted by Gasteiger charge is 1.94. The van der Waals surface area contributed by atoms with Gasteiger partial charge in [-0.15, -0.1) is 12.4 Å². The van der Waals surface area contributed by atoms with Crippen molar-refractivity contribution in [1.82, 2.24) is 4.98 Å². The first-order valence-corrected chi connectivity index (χ1v) is 2.97. The van der Waals surface area contributed by atoms with Crippen molar-refractivity contribution in [2.24, 2.45) is 5.73 Å². The van der Waals surface area contributed by atoms with E-state index in [1.165, 1.54) is 0 Å². The summed E-state index contributed by atoms with van der Waals surface area (Å²) in [5.41, 5.74) is 6.85. The number of pyridine rings is 1. The van der Waals surface area contributed by atoms with Crippen LogP contribution in [0.15, 0.2) is 18.3 Å². The van der Waals surface area contributed by atoms with Crippen molar-refractivity contribution >= 4 is 18.2 Å². The molecule has 0 spiro atoms. The molecular formula is C7H10ClN3. The molecule has 0 atom stereocenters. The lowest BCUT2D eigenvalue weighted by atomic mass is 10.2. The minimum Gasteiger partial charge on any atom is -0.384 e. The predicted molar refractivity (Wildman–Crippen MR) is 47.2 cm³/mol. The zero-order valence-electron chi connectivity index (χ0n) is 6.16. The van der Waals surface area contributed by atoms with Gasteiger partial charge in [-0.05, 0) is 19.1 Å². The van der Waals surface area contributed by atoms with E-state index in [1.807, 2.05) is 6.92 Å². The highest BCUT2D eigenvalue weighted by atomic mass is 35.5.